The van der Waals surface area contributed by atoms with Gasteiger partial charge in [-0.15, -0.1) is 0 Å². The van der Waals surface area contributed by atoms with Crippen molar-refractivity contribution in [3.63, 3.8) is 0 Å². The molecule has 4 nitrogen and oxygen atoms in total. The van der Waals surface area contributed by atoms with E-state index in [2.05, 4.69) is 37.5 Å². The Bertz CT molecular complexity index is 1030. The molecule has 0 saturated carbocycles. The second kappa shape index (κ2) is 8.73. The predicted octanol–water partition coefficient (Wildman–Crippen LogP) is 6.04. The van der Waals surface area contributed by atoms with E-state index in [1.54, 1.807) is 12.3 Å². The van der Waals surface area contributed by atoms with Crippen LogP contribution < -0.4 is 0 Å². The van der Waals surface area contributed by atoms with Gasteiger partial charge in [-0.2, -0.15) is 0 Å². The number of Topliss-reactive ketones (excluding diaryl/α,β-unsaturated/α-hetero) is 1. The molecular weight excluding hydrogens is 402 g/mol. The number of hydrogen-bond acceptors (Lipinski definition) is 3. The van der Waals surface area contributed by atoms with Crippen molar-refractivity contribution in [3.8, 4) is 11.4 Å². The molecule has 2 heterocycles. The molecule has 0 spiro atoms. The van der Waals surface area contributed by atoms with Gasteiger partial charge in [-0.1, -0.05) is 55.1 Å². The number of imidazole rings is 1. The van der Waals surface area contributed by atoms with E-state index in [-0.39, 0.29) is 5.78 Å². The van der Waals surface area contributed by atoms with Gasteiger partial charge in [0.05, 0.1) is 5.52 Å². The number of carbonyl (C=O) groups is 1. The third-order valence-corrected chi connectivity index (χ3v) is 4.60. The van der Waals surface area contributed by atoms with E-state index in [1.807, 2.05) is 55.5 Å². The highest BCUT2D eigenvalue weighted by Gasteiger charge is 2.10. The number of ketones is 1. The summed E-state index contributed by atoms with van der Waals surface area (Å²) >= 11 is 3.41. The molecule has 0 aliphatic heterocycles. The van der Waals surface area contributed by atoms with Gasteiger partial charge in [0.2, 0.25) is 0 Å². The van der Waals surface area contributed by atoms with Gasteiger partial charge in [-0.05, 0) is 40.9 Å². The minimum absolute atomic E-state index is 0.0726. The number of pyridine rings is 1. The van der Waals surface area contributed by atoms with Crippen LogP contribution in [0.25, 0.3) is 22.6 Å². The Kier molecular flexibility index (Phi) is 6.14. The van der Waals surface area contributed by atoms with E-state index in [9.17, 15) is 4.79 Å². The van der Waals surface area contributed by atoms with Crippen molar-refractivity contribution in [3.05, 3.63) is 83.0 Å². The fraction of sp³-hybridized carbons (Fsp3) is 0.136. The first-order valence-electron chi connectivity index (χ1n) is 8.68. The number of aromatic nitrogens is 3. The standard InChI is InChI=1S/C22H20BrN3O/c1-3-5-6-7-15(4-2)12-20(27)16-8-10-17(11-9-16)21-25-19-13-18(23)14-24-22(19)26-21/h3-5,7-11,13-14H,2,6,12H2,1H3,(H,24,25,26)/b5-3-,15-7+. The van der Waals surface area contributed by atoms with E-state index in [0.29, 0.717) is 17.6 Å². The Morgan fingerprint density at radius 1 is 1.30 bits per heavy atom. The molecule has 27 heavy (non-hydrogen) atoms. The summed E-state index contributed by atoms with van der Waals surface area (Å²) in [5, 5.41) is 0. The van der Waals surface area contributed by atoms with E-state index in [1.165, 1.54) is 0 Å². The molecular formula is C22H20BrN3O. The van der Waals surface area contributed by atoms with Crippen LogP contribution in [0.4, 0.5) is 0 Å². The molecule has 0 amide bonds. The van der Waals surface area contributed by atoms with Crippen LogP contribution in [0.5, 0.6) is 0 Å². The maximum atomic E-state index is 12.5. The number of benzene rings is 1. The SMILES string of the molecule is C=C/C(=C\C/C=C\C)CC(=O)c1ccc(-c2nc3ncc(Br)cc3[nH]2)cc1. The summed E-state index contributed by atoms with van der Waals surface area (Å²) in [6, 6.07) is 9.41. The Hall–Kier alpha value is -2.79. The molecule has 2 aromatic heterocycles. The second-order valence-electron chi connectivity index (χ2n) is 6.08. The van der Waals surface area contributed by atoms with Crippen LogP contribution in [0.1, 0.15) is 30.1 Å². The molecule has 3 aromatic rings. The summed E-state index contributed by atoms with van der Waals surface area (Å²) in [6.07, 6.45) is 10.7. The molecule has 0 unspecified atom stereocenters. The van der Waals surface area contributed by atoms with Crippen molar-refractivity contribution in [2.75, 3.05) is 0 Å². The molecule has 0 aliphatic rings. The van der Waals surface area contributed by atoms with Crippen LogP contribution in [-0.2, 0) is 0 Å². The summed E-state index contributed by atoms with van der Waals surface area (Å²) < 4.78 is 0.895. The van der Waals surface area contributed by atoms with E-state index in [0.717, 1.165) is 33.4 Å². The van der Waals surface area contributed by atoms with Crippen molar-refractivity contribution in [1.82, 2.24) is 15.0 Å². The van der Waals surface area contributed by atoms with Crippen LogP contribution in [0.3, 0.4) is 0 Å². The number of halogens is 1. The zero-order valence-corrected chi connectivity index (χ0v) is 16.7. The average Bonchev–Trinajstić information content (AvgIpc) is 3.10. The first kappa shape index (κ1) is 19.0. The fourth-order valence-corrected chi connectivity index (χ4v) is 3.03. The van der Waals surface area contributed by atoms with Gasteiger partial charge in [-0.3, -0.25) is 4.79 Å². The maximum Gasteiger partial charge on any atom is 0.178 e. The molecule has 0 fully saturated rings. The van der Waals surface area contributed by atoms with Crippen molar-refractivity contribution in [2.45, 2.75) is 19.8 Å². The van der Waals surface area contributed by atoms with Crippen molar-refractivity contribution in [2.24, 2.45) is 0 Å². The maximum absolute atomic E-state index is 12.5. The van der Waals surface area contributed by atoms with Gasteiger partial charge in [0.1, 0.15) is 5.82 Å². The Balaban J connectivity index is 1.76. The summed E-state index contributed by atoms with van der Waals surface area (Å²) in [4.78, 5) is 24.6. The van der Waals surface area contributed by atoms with Crippen LogP contribution in [0.15, 0.2) is 77.5 Å². The molecule has 5 heteroatoms. The summed E-state index contributed by atoms with van der Waals surface area (Å²) in [7, 11) is 0. The average molecular weight is 422 g/mol. The van der Waals surface area contributed by atoms with Gasteiger partial charge in [0.15, 0.2) is 11.4 Å². The Morgan fingerprint density at radius 3 is 2.78 bits per heavy atom. The monoisotopic (exact) mass is 421 g/mol. The highest BCUT2D eigenvalue weighted by atomic mass is 79.9. The number of hydrogen-bond donors (Lipinski definition) is 1. The van der Waals surface area contributed by atoms with Gasteiger partial charge in [0, 0.05) is 28.2 Å². The zero-order chi connectivity index (χ0) is 19.2. The lowest BCUT2D eigenvalue weighted by atomic mass is 10.0. The highest BCUT2D eigenvalue weighted by molar-refractivity contribution is 9.10. The van der Waals surface area contributed by atoms with E-state index >= 15 is 0 Å². The molecule has 3 rings (SSSR count). The molecule has 0 bridgehead atoms. The molecule has 0 saturated heterocycles. The van der Waals surface area contributed by atoms with E-state index < -0.39 is 0 Å². The fourth-order valence-electron chi connectivity index (χ4n) is 2.70. The summed E-state index contributed by atoms with van der Waals surface area (Å²) in [5.74, 6) is 0.802. The van der Waals surface area contributed by atoms with Crippen LogP contribution in [-0.4, -0.2) is 20.7 Å². The van der Waals surface area contributed by atoms with Crippen LogP contribution in [0, 0.1) is 0 Å². The predicted molar refractivity (Wildman–Crippen MR) is 114 cm³/mol. The number of nitrogens with one attached hydrogen (secondary N) is 1. The van der Waals surface area contributed by atoms with Crippen molar-refractivity contribution < 1.29 is 4.79 Å². The van der Waals surface area contributed by atoms with Gasteiger partial charge < -0.3 is 4.98 Å². The lowest BCUT2D eigenvalue weighted by Gasteiger charge is -2.04. The number of allylic oxidation sites excluding steroid dienone is 5. The minimum Gasteiger partial charge on any atom is -0.337 e. The van der Waals surface area contributed by atoms with Crippen molar-refractivity contribution in [1.29, 1.82) is 0 Å². The van der Waals surface area contributed by atoms with Gasteiger partial charge in [-0.25, -0.2) is 9.97 Å². The number of carbonyl (C=O) groups excluding carboxylic acids is 1. The first-order valence-corrected chi connectivity index (χ1v) is 9.47. The third kappa shape index (κ3) is 4.68. The topological polar surface area (TPSA) is 58.6 Å². The molecule has 0 aliphatic carbocycles. The number of nitrogens with zero attached hydrogens (tertiary/aromatic N) is 2. The smallest absolute Gasteiger partial charge is 0.178 e. The van der Waals surface area contributed by atoms with E-state index in [4.69, 9.17) is 0 Å². The Labute approximate surface area is 166 Å². The van der Waals surface area contributed by atoms with Gasteiger partial charge in [0.25, 0.3) is 0 Å². The quantitative estimate of drug-likeness (QED) is 0.287. The molecule has 136 valence electrons. The number of aromatic amines is 1. The Morgan fingerprint density at radius 2 is 2.07 bits per heavy atom. The molecule has 1 aromatic carbocycles. The molecule has 0 radical (unpaired) electrons. The van der Waals surface area contributed by atoms with Crippen LogP contribution in [0.2, 0.25) is 0 Å². The molecule has 0 atom stereocenters. The zero-order valence-electron chi connectivity index (χ0n) is 15.1. The van der Waals surface area contributed by atoms with Crippen LogP contribution >= 0.6 is 15.9 Å². The second-order valence-corrected chi connectivity index (χ2v) is 6.99. The normalized spacial score (nSPS) is 12.0. The van der Waals surface area contributed by atoms with Gasteiger partial charge >= 0.3 is 0 Å². The number of fused-ring (bicyclic) bond motifs is 1. The molecule has 1 N–H and O–H groups in total. The summed E-state index contributed by atoms with van der Waals surface area (Å²) in [6.45, 7) is 5.78. The summed E-state index contributed by atoms with van der Waals surface area (Å²) in [5.41, 5.74) is 4.05. The lowest BCUT2D eigenvalue weighted by molar-refractivity contribution is 0.0994. The third-order valence-electron chi connectivity index (χ3n) is 4.16. The largest absolute Gasteiger partial charge is 0.337 e. The highest BCUT2D eigenvalue weighted by Crippen LogP contribution is 2.22. The minimum atomic E-state index is 0.0726. The lowest BCUT2D eigenvalue weighted by Crippen LogP contribution is -2.00. The number of H-pyrrole nitrogens is 1. The number of rotatable bonds is 7. The first-order chi connectivity index (χ1) is 13.1. The van der Waals surface area contributed by atoms with Crippen molar-refractivity contribution >= 4 is 32.9 Å².